The molecule has 2 rings (SSSR count). The summed E-state index contributed by atoms with van der Waals surface area (Å²) in [5, 5.41) is 13.5. The van der Waals surface area contributed by atoms with Gasteiger partial charge in [-0.15, -0.1) is 0 Å². The van der Waals surface area contributed by atoms with Crippen LogP contribution in [0.1, 0.15) is 36.3 Å². The molecule has 1 aromatic carbocycles. The van der Waals surface area contributed by atoms with Crippen molar-refractivity contribution in [2.45, 2.75) is 39.0 Å². The zero-order chi connectivity index (χ0) is 15.2. The van der Waals surface area contributed by atoms with Crippen molar-refractivity contribution in [1.82, 2.24) is 10.3 Å². The van der Waals surface area contributed by atoms with Gasteiger partial charge in [-0.25, -0.2) is 4.39 Å². The van der Waals surface area contributed by atoms with Crippen LogP contribution in [0.5, 0.6) is 0 Å². The highest BCUT2D eigenvalue weighted by Gasteiger charge is 2.12. The van der Waals surface area contributed by atoms with Crippen LogP contribution in [-0.4, -0.2) is 16.1 Å². The largest absolute Gasteiger partial charge is 0.388 e. The van der Waals surface area contributed by atoms with E-state index >= 15 is 0 Å². The first-order valence-corrected chi connectivity index (χ1v) is 7.13. The first kappa shape index (κ1) is 15.6. The van der Waals surface area contributed by atoms with Crippen LogP contribution in [0.4, 0.5) is 4.39 Å². The number of aliphatic hydroxyl groups is 1. The molecule has 0 bridgehead atoms. The van der Waals surface area contributed by atoms with Gasteiger partial charge < -0.3 is 10.4 Å². The highest BCUT2D eigenvalue weighted by atomic mass is 19.1. The third-order valence-electron chi connectivity index (χ3n) is 3.44. The third-order valence-corrected chi connectivity index (χ3v) is 3.44. The molecule has 0 saturated carbocycles. The summed E-state index contributed by atoms with van der Waals surface area (Å²) in [4.78, 5) is 4.33. The van der Waals surface area contributed by atoms with E-state index in [0.29, 0.717) is 13.0 Å². The minimum atomic E-state index is -0.598. The number of benzene rings is 1. The molecule has 0 saturated heterocycles. The van der Waals surface area contributed by atoms with Gasteiger partial charge in [-0.3, -0.25) is 4.98 Å². The minimum Gasteiger partial charge on any atom is -0.388 e. The summed E-state index contributed by atoms with van der Waals surface area (Å²) in [6, 6.07) is 10.1. The van der Waals surface area contributed by atoms with Gasteiger partial charge in [0, 0.05) is 18.8 Å². The average molecular weight is 288 g/mol. The summed E-state index contributed by atoms with van der Waals surface area (Å²) >= 11 is 0. The molecule has 2 aromatic rings. The summed E-state index contributed by atoms with van der Waals surface area (Å²) in [6.07, 6.45) is 1.81. The maximum absolute atomic E-state index is 12.8. The molecule has 0 fully saturated rings. The van der Waals surface area contributed by atoms with Crippen LogP contribution in [-0.2, 0) is 6.54 Å². The molecule has 3 nitrogen and oxygen atoms in total. The molecule has 112 valence electrons. The van der Waals surface area contributed by atoms with Crippen molar-refractivity contribution in [3.8, 4) is 0 Å². The Labute approximate surface area is 124 Å². The van der Waals surface area contributed by atoms with Crippen molar-refractivity contribution in [2.24, 2.45) is 0 Å². The molecule has 0 aliphatic carbocycles. The predicted octanol–water partition coefficient (Wildman–Crippen LogP) is 3.13. The Morgan fingerprint density at radius 2 is 1.90 bits per heavy atom. The molecular weight excluding hydrogens is 267 g/mol. The lowest BCUT2D eigenvalue weighted by Gasteiger charge is -2.18. The fraction of sp³-hybridized carbons (Fsp3) is 0.353. The molecule has 0 radical (unpaired) electrons. The van der Waals surface area contributed by atoms with E-state index in [-0.39, 0.29) is 11.9 Å². The number of aryl methyl sites for hydroxylation is 1. The van der Waals surface area contributed by atoms with E-state index in [0.717, 1.165) is 16.8 Å². The Morgan fingerprint density at radius 3 is 2.52 bits per heavy atom. The summed E-state index contributed by atoms with van der Waals surface area (Å²) in [7, 11) is 0. The van der Waals surface area contributed by atoms with Gasteiger partial charge >= 0.3 is 0 Å². The lowest BCUT2D eigenvalue weighted by Crippen LogP contribution is -2.27. The fourth-order valence-electron chi connectivity index (χ4n) is 2.12. The monoisotopic (exact) mass is 288 g/mol. The Hall–Kier alpha value is -1.78. The fourth-order valence-corrected chi connectivity index (χ4v) is 2.12. The number of nitrogens with zero attached hydrogens (tertiary/aromatic N) is 1. The van der Waals surface area contributed by atoms with Crippen LogP contribution in [0.3, 0.4) is 0 Å². The summed E-state index contributed by atoms with van der Waals surface area (Å²) in [6.45, 7) is 4.68. The molecule has 2 N–H and O–H groups in total. The second-order valence-corrected chi connectivity index (χ2v) is 5.41. The van der Waals surface area contributed by atoms with Crippen molar-refractivity contribution in [2.75, 3.05) is 0 Å². The van der Waals surface area contributed by atoms with E-state index < -0.39 is 6.10 Å². The molecule has 0 aliphatic rings. The van der Waals surface area contributed by atoms with E-state index in [1.165, 1.54) is 12.1 Å². The predicted molar refractivity (Wildman–Crippen MR) is 81.3 cm³/mol. The van der Waals surface area contributed by atoms with Crippen molar-refractivity contribution >= 4 is 0 Å². The number of pyridine rings is 1. The molecule has 21 heavy (non-hydrogen) atoms. The number of hydrogen-bond acceptors (Lipinski definition) is 3. The zero-order valence-electron chi connectivity index (χ0n) is 12.4. The molecule has 0 unspecified atom stereocenters. The summed E-state index contributed by atoms with van der Waals surface area (Å²) < 4.78 is 12.8. The van der Waals surface area contributed by atoms with Crippen molar-refractivity contribution < 1.29 is 9.50 Å². The lowest BCUT2D eigenvalue weighted by atomic mass is 10.0. The van der Waals surface area contributed by atoms with Gasteiger partial charge in [0.2, 0.25) is 0 Å². The van der Waals surface area contributed by atoms with Crippen molar-refractivity contribution in [1.29, 1.82) is 0 Å². The highest BCUT2D eigenvalue weighted by Crippen LogP contribution is 2.18. The first-order valence-electron chi connectivity index (χ1n) is 7.13. The number of hydrogen-bond donors (Lipinski definition) is 2. The maximum Gasteiger partial charge on any atom is 0.123 e. The van der Waals surface area contributed by atoms with E-state index in [9.17, 15) is 9.50 Å². The van der Waals surface area contributed by atoms with Gasteiger partial charge in [0.05, 0.1) is 11.8 Å². The van der Waals surface area contributed by atoms with Crippen LogP contribution < -0.4 is 5.32 Å². The molecule has 0 amide bonds. The van der Waals surface area contributed by atoms with E-state index in [4.69, 9.17) is 0 Å². The van der Waals surface area contributed by atoms with Gasteiger partial charge in [0.25, 0.3) is 0 Å². The van der Waals surface area contributed by atoms with E-state index in [2.05, 4.69) is 10.3 Å². The number of halogens is 1. The smallest absolute Gasteiger partial charge is 0.123 e. The standard InChI is InChI=1S/C17H21FN2O/c1-12-3-8-16(20-10-12)11-19-13(2)9-17(21)14-4-6-15(18)7-5-14/h3-8,10,13,17,19,21H,9,11H2,1-2H3/t13-,17-/m1/s1. The van der Waals surface area contributed by atoms with Crippen LogP contribution >= 0.6 is 0 Å². The quantitative estimate of drug-likeness (QED) is 0.858. The molecule has 2 atom stereocenters. The van der Waals surface area contributed by atoms with Gasteiger partial charge in [0.1, 0.15) is 5.82 Å². The topological polar surface area (TPSA) is 45.1 Å². The van der Waals surface area contributed by atoms with Crippen LogP contribution in [0.15, 0.2) is 42.6 Å². The summed E-state index contributed by atoms with van der Waals surface area (Å²) in [5.41, 5.74) is 2.85. The minimum absolute atomic E-state index is 0.133. The first-order chi connectivity index (χ1) is 10.0. The van der Waals surface area contributed by atoms with Crippen molar-refractivity contribution in [3.63, 3.8) is 0 Å². The third kappa shape index (κ3) is 4.92. The average Bonchev–Trinajstić information content (AvgIpc) is 2.47. The summed E-state index contributed by atoms with van der Waals surface area (Å²) in [5.74, 6) is -0.289. The lowest BCUT2D eigenvalue weighted by molar-refractivity contribution is 0.153. The second kappa shape index (κ2) is 7.29. The van der Waals surface area contributed by atoms with Gasteiger partial charge in [-0.05, 0) is 49.6 Å². The zero-order valence-corrected chi connectivity index (χ0v) is 12.4. The Balaban J connectivity index is 1.82. The van der Waals surface area contributed by atoms with Crippen molar-refractivity contribution in [3.05, 3.63) is 65.2 Å². The SMILES string of the molecule is Cc1ccc(CN[C@H](C)C[C@@H](O)c2ccc(F)cc2)nc1. The molecular formula is C17H21FN2O. The molecule has 1 aromatic heterocycles. The van der Waals surface area contributed by atoms with Gasteiger partial charge in [-0.2, -0.15) is 0 Å². The Bertz CT molecular complexity index is 554. The maximum atomic E-state index is 12.8. The Kier molecular flexibility index (Phi) is 5.42. The Morgan fingerprint density at radius 1 is 1.19 bits per heavy atom. The van der Waals surface area contributed by atoms with Gasteiger partial charge in [0.15, 0.2) is 0 Å². The number of rotatable bonds is 6. The number of aromatic nitrogens is 1. The van der Waals surface area contributed by atoms with Gasteiger partial charge in [-0.1, -0.05) is 18.2 Å². The number of nitrogens with one attached hydrogen (secondary N) is 1. The highest BCUT2D eigenvalue weighted by molar-refractivity contribution is 5.18. The molecule has 4 heteroatoms. The normalized spacial score (nSPS) is 13.9. The molecule has 0 spiro atoms. The second-order valence-electron chi connectivity index (χ2n) is 5.41. The molecule has 0 aliphatic heterocycles. The van der Waals surface area contributed by atoms with Crippen LogP contribution in [0.2, 0.25) is 0 Å². The van der Waals surface area contributed by atoms with E-state index in [1.54, 1.807) is 12.1 Å². The van der Waals surface area contributed by atoms with Crippen LogP contribution in [0.25, 0.3) is 0 Å². The molecule has 1 heterocycles. The number of aliphatic hydroxyl groups excluding tert-OH is 1. The van der Waals surface area contributed by atoms with Crippen LogP contribution in [0, 0.1) is 12.7 Å². The van der Waals surface area contributed by atoms with E-state index in [1.807, 2.05) is 32.2 Å².